The van der Waals surface area contributed by atoms with Crippen molar-refractivity contribution in [2.24, 2.45) is 0 Å². The van der Waals surface area contributed by atoms with Crippen molar-refractivity contribution in [3.63, 3.8) is 0 Å². The Morgan fingerprint density at radius 2 is 2.05 bits per heavy atom. The van der Waals surface area contributed by atoms with E-state index in [0.29, 0.717) is 11.7 Å². The predicted octanol–water partition coefficient (Wildman–Crippen LogP) is 2.00. The maximum Gasteiger partial charge on any atom is 0.171 e. The Kier molecular flexibility index (Phi) is 4.69. The van der Waals surface area contributed by atoms with Crippen molar-refractivity contribution in [3.8, 4) is 5.75 Å². The Bertz CT molecular complexity index is 528. The van der Waals surface area contributed by atoms with Crippen LogP contribution in [0, 0.1) is 0 Å². The second-order valence-electron chi connectivity index (χ2n) is 3.95. The summed E-state index contributed by atoms with van der Waals surface area (Å²) in [5, 5.41) is 6.85. The highest BCUT2D eigenvalue weighted by Gasteiger charge is 1.99. The fraction of sp³-hybridized carbons (Fsp3) is 0.143. The molecule has 0 aliphatic heterocycles. The quantitative estimate of drug-likeness (QED) is 0.837. The van der Waals surface area contributed by atoms with Crippen LogP contribution in [0.5, 0.6) is 5.75 Å². The van der Waals surface area contributed by atoms with Gasteiger partial charge in [0.25, 0.3) is 0 Å². The lowest BCUT2D eigenvalue weighted by Gasteiger charge is -2.10. The van der Waals surface area contributed by atoms with E-state index >= 15 is 0 Å². The van der Waals surface area contributed by atoms with Crippen molar-refractivity contribution < 1.29 is 9.72 Å². The summed E-state index contributed by atoms with van der Waals surface area (Å²) in [4.78, 5) is 3.03. The molecule has 0 aliphatic carbocycles. The largest absolute Gasteiger partial charge is 0.497 e. The molecule has 0 amide bonds. The van der Waals surface area contributed by atoms with Gasteiger partial charge >= 0.3 is 0 Å². The van der Waals surface area contributed by atoms with E-state index in [-0.39, 0.29) is 0 Å². The summed E-state index contributed by atoms with van der Waals surface area (Å²) in [6, 6.07) is 11.6. The second kappa shape index (κ2) is 6.70. The summed E-state index contributed by atoms with van der Waals surface area (Å²) >= 11 is 5.23. The lowest BCUT2D eigenvalue weighted by molar-refractivity contribution is -0.378. The molecule has 5 heteroatoms. The number of pyridine rings is 1. The third-order valence-electron chi connectivity index (χ3n) is 2.57. The maximum atomic E-state index is 5.23. The fourth-order valence-corrected chi connectivity index (χ4v) is 1.76. The number of anilines is 1. The highest BCUT2D eigenvalue weighted by Crippen LogP contribution is 2.14. The van der Waals surface area contributed by atoms with Crippen molar-refractivity contribution >= 4 is 23.0 Å². The van der Waals surface area contributed by atoms with Gasteiger partial charge in [0.2, 0.25) is 0 Å². The first-order chi connectivity index (χ1) is 9.28. The zero-order valence-electron chi connectivity index (χ0n) is 10.6. The summed E-state index contributed by atoms with van der Waals surface area (Å²) in [7, 11) is 1.64. The van der Waals surface area contributed by atoms with Crippen molar-refractivity contribution in [1.82, 2.24) is 5.32 Å². The SMILES string of the molecule is COc1ccc(NC(=S)NCc2ccc[nH+]c2)cc1. The summed E-state index contributed by atoms with van der Waals surface area (Å²) in [6.07, 6.45) is 3.81. The molecule has 0 aliphatic rings. The minimum absolute atomic E-state index is 0.592. The molecule has 2 aromatic rings. The predicted molar refractivity (Wildman–Crippen MR) is 79.1 cm³/mol. The number of aromatic nitrogens is 1. The van der Waals surface area contributed by atoms with Crippen LogP contribution in [0.4, 0.5) is 5.69 Å². The maximum absolute atomic E-state index is 5.23. The first-order valence-corrected chi connectivity index (χ1v) is 6.32. The minimum Gasteiger partial charge on any atom is -0.497 e. The molecule has 4 nitrogen and oxygen atoms in total. The fourth-order valence-electron chi connectivity index (χ4n) is 1.57. The third-order valence-corrected chi connectivity index (χ3v) is 2.82. The number of hydrogen-bond donors (Lipinski definition) is 2. The molecular formula is C14H16N3OS+. The molecule has 0 spiro atoms. The third kappa shape index (κ3) is 4.22. The number of thiocarbonyl (C=S) groups is 1. The van der Waals surface area contributed by atoms with Gasteiger partial charge in [-0.3, -0.25) is 0 Å². The molecule has 19 heavy (non-hydrogen) atoms. The Balaban J connectivity index is 1.83. The van der Waals surface area contributed by atoms with Crippen LogP contribution in [0.25, 0.3) is 0 Å². The normalized spacial score (nSPS) is 9.74. The van der Waals surface area contributed by atoms with Gasteiger partial charge in [-0.15, -0.1) is 0 Å². The first kappa shape index (κ1) is 13.3. The standard InChI is InChI=1S/C14H15N3OS/c1-18-13-6-4-12(5-7-13)17-14(19)16-10-11-3-2-8-15-9-11/h2-9H,10H2,1H3,(H2,16,17,19)/p+1. The van der Waals surface area contributed by atoms with E-state index in [1.54, 1.807) is 7.11 Å². The number of ether oxygens (including phenoxy) is 1. The summed E-state index contributed by atoms with van der Waals surface area (Å²) in [5.74, 6) is 0.823. The van der Waals surface area contributed by atoms with Crippen LogP contribution < -0.4 is 20.4 Å². The van der Waals surface area contributed by atoms with Gasteiger partial charge in [-0.25, -0.2) is 4.98 Å². The topological polar surface area (TPSA) is 47.4 Å². The van der Waals surface area contributed by atoms with Crippen LogP contribution in [-0.4, -0.2) is 12.2 Å². The van der Waals surface area contributed by atoms with Gasteiger partial charge in [0.15, 0.2) is 17.5 Å². The molecule has 2 rings (SSSR count). The van der Waals surface area contributed by atoms with E-state index in [1.165, 1.54) is 0 Å². The Labute approximate surface area is 117 Å². The van der Waals surface area contributed by atoms with Gasteiger partial charge in [-0.1, -0.05) is 0 Å². The molecule has 0 atom stereocenters. The molecule has 0 radical (unpaired) electrons. The van der Waals surface area contributed by atoms with E-state index in [4.69, 9.17) is 17.0 Å². The molecule has 0 saturated carbocycles. The first-order valence-electron chi connectivity index (χ1n) is 5.92. The smallest absolute Gasteiger partial charge is 0.171 e. The van der Waals surface area contributed by atoms with E-state index in [0.717, 1.165) is 17.0 Å². The summed E-state index contributed by atoms with van der Waals surface area (Å²) in [6.45, 7) is 0.680. The molecule has 98 valence electrons. The van der Waals surface area contributed by atoms with Gasteiger partial charge in [-0.05, 0) is 42.5 Å². The molecule has 3 N–H and O–H groups in total. The van der Waals surface area contributed by atoms with Crippen molar-refractivity contribution in [1.29, 1.82) is 0 Å². The van der Waals surface area contributed by atoms with Crippen LogP contribution in [0.15, 0.2) is 48.8 Å². The lowest BCUT2D eigenvalue weighted by Crippen LogP contribution is -2.28. The van der Waals surface area contributed by atoms with Crippen molar-refractivity contribution in [2.45, 2.75) is 6.54 Å². The number of H-pyrrole nitrogens is 1. The Morgan fingerprint density at radius 1 is 1.26 bits per heavy atom. The van der Waals surface area contributed by atoms with Crippen molar-refractivity contribution in [3.05, 3.63) is 54.4 Å². The molecule has 1 heterocycles. The van der Waals surface area contributed by atoms with Gasteiger partial charge in [0, 0.05) is 23.9 Å². The summed E-state index contributed by atoms with van der Waals surface area (Å²) in [5.41, 5.74) is 2.07. The number of methoxy groups -OCH3 is 1. The molecular weight excluding hydrogens is 258 g/mol. The van der Waals surface area contributed by atoms with E-state index in [2.05, 4.69) is 15.6 Å². The van der Waals surface area contributed by atoms with E-state index in [9.17, 15) is 0 Å². The molecule has 1 aromatic carbocycles. The Morgan fingerprint density at radius 3 is 2.68 bits per heavy atom. The number of benzene rings is 1. The minimum atomic E-state index is 0.592. The number of aromatic amines is 1. The number of hydrogen-bond acceptors (Lipinski definition) is 2. The zero-order valence-corrected chi connectivity index (χ0v) is 11.5. The number of nitrogens with one attached hydrogen (secondary N) is 3. The van der Waals surface area contributed by atoms with Gasteiger partial charge in [0.05, 0.1) is 7.11 Å². The second-order valence-corrected chi connectivity index (χ2v) is 4.36. The molecule has 0 saturated heterocycles. The van der Waals surface area contributed by atoms with Crippen LogP contribution in [0.3, 0.4) is 0 Å². The monoisotopic (exact) mass is 274 g/mol. The Hall–Kier alpha value is -2.14. The molecule has 0 unspecified atom stereocenters. The lowest BCUT2D eigenvalue weighted by atomic mass is 10.3. The highest BCUT2D eigenvalue weighted by atomic mass is 32.1. The van der Waals surface area contributed by atoms with Gasteiger partial charge in [-0.2, -0.15) is 0 Å². The number of rotatable bonds is 4. The van der Waals surface area contributed by atoms with Gasteiger partial charge < -0.3 is 15.4 Å². The average molecular weight is 274 g/mol. The van der Waals surface area contributed by atoms with Crippen LogP contribution in [0.2, 0.25) is 0 Å². The summed E-state index contributed by atoms with van der Waals surface area (Å²) < 4.78 is 5.10. The van der Waals surface area contributed by atoms with Crippen LogP contribution in [-0.2, 0) is 6.54 Å². The van der Waals surface area contributed by atoms with Crippen LogP contribution >= 0.6 is 12.2 Å². The van der Waals surface area contributed by atoms with Gasteiger partial charge in [0.1, 0.15) is 5.75 Å². The van der Waals surface area contributed by atoms with E-state index in [1.807, 2.05) is 48.8 Å². The molecule has 0 fully saturated rings. The highest BCUT2D eigenvalue weighted by molar-refractivity contribution is 7.80. The van der Waals surface area contributed by atoms with E-state index < -0.39 is 0 Å². The molecule has 1 aromatic heterocycles. The average Bonchev–Trinajstić information content (AvgIpc) is 2.47. The zero-order chi connectivity index (χ0) is 13.5. The molecule has 0 bridgehead atoms. The van der Waals surface area contributed by atoms with Crippen LogP contribution in [0.1, 0.15) is 5.56 Å². The van der Waals surface area contributed by atoms with Crippen molar-refractivity contribution in [2.75, 3.05) is 12.4 Å².